The van der Waals surface area contributed by atoms with E-state index in [1.54, 1.807) is 18.2 Å². The molecule has 2 fully saturated rings. The third kappa shape index (κ3) is 6.19. The van der Waals surface area contributed by atoms with E-state index in [1.807, 2.05) is 6.92 Å². The van der Waals surface area contributed by atoms with E-state index in [9.17, 15) is 19.1 Å². The van der Waals surface area contributed by atoms with Crippen LogP contribution in [-0.2, 0) is 14.3 Å². The zero-order valence-corrected chi connectivity index (χ0v) is 21.7. The first-order valence-corrected chi connectivity index (χ1v) is 12.9. The molecule has 0 spiro atoms. The van der Waals surface area contributed by atoms with Gasteiger partial charge in [0, 0.05) is 18.5 Å². The first-order chi connectivity index (χ1) is 17.8. The summed E-state index contributed by atoms with van der Waals surface area (Å²) < 4.78 is 24.9. The van der Waals surface area contributed by atoms with Crippen molar-refractivity contribution in [1.82, 2.24) is 4.90 Å². The number of Topliss-reactive ketones (excluding diaryl/α,β-unsaturated/α-hetero) is 1. The Balaban J connectivity index is 1.65. The lowest BCUT2D eigenvalue weighted by Crippen LogP contribution is -3.14. The molecule has 2 aromatic rings. The van der Waals surface area contributed by atoms with Crippen LogP contribution in [0.15, 0.2) is 48.0 Å². The van der Waals surface area contributed by atoms with Crippen molar-refractivity contribution in [3.63, 3.8) is 0 Å². The third-order valence-electron chi connectivity index (χ3n) is 6.85. The van der Waals surface area contributed by atoms with Gasteiger partial charge in [0.25, 0.3) is 5.91 Å². The minimum atomic E-state index is -0.857. The van der Waals surface area contributed by atoms with Crippen LogP contribution in [0.4, 0.5) is 4.39 Å². The van der Waals surface area contributed by atoms with E-state index >= 15 is 0 Å². The largest absolute Gasteiger partial charge is 0.872 e. The summed E-state index contributed by atoms with van der Waals surface area (Å²) in [6, 6.07) is 9.82. The Labute approximate surface area is 217 Å². The fourth-order valence-corrected chi connectivity index (χ4v) is 4.87. The number of rotatable bonds is 9. The Morgan fingerprint density at radius 1 is 1.16 bits per heavy atom. The first kappa shape index (κ1) is 26.8. The Kier molecular flexibility index (Phi) is 8.61. The van der Waals surface area contributed by atoms with Gasteiger partial charge < -0.3 is 24.4 Å². The molecule has 1 N–H and O–H groups in total. The number of quaternary nitrogens is 1. The molecule has 1 unspecified atom stereocenters. The number of hydrogen-bond donors (Lipinski definition) is 1. The molecule has 0 aromatic heterocycles. The highest BCUT2D eigenvalue weighted by atomic mass is 19.1. The summed E-state index contributed by atoms with van der Waals surface area (Å²) in [5.74, 6) is -1.38. The van der Waals surface area contributed by atoms with Gasteiger partial charge in [0.1, 0.15) is 24.7 Å². The van der Waals surface area contributed by atoms with Gasteiger partial charge in [-0.25, -0.2) is 4.39 Å². The Bertz CT molecular complexity index is 1160. The van der Waals surface area contributed by atoms with Crippen molar-refractivity contribution in [2.75, 3.05) is 46.0 Å². The molecule has 1 atom stereocenters. The quantitative estimate of drug-likeness (QED) is 0.316. The molecule has 0 radical (unpaired) electrons. The molecular weight excluding hydrogens is 475 g/mol. The van der Waals surface area contributed by atoms with Gasteiger partial charge in [0.2, 0.25) is 5.78 Å². The number of carbonyl (C=O) groups excluding carboxylic acids is 2. The minimum Gasteiger partial charge on any atom is -0.872 e. The number of likely N-dealkylation sites (tertiary alicyclic amines) is 1. The Morgan fingerprint density at radius 3 is 2.51 bits per heavy atom. The number of ketones is 1. The SMILES string of the molecule is Cc1cc(C([O-])=C2C(=O)C(=O)N(CCC[NH+]3CCOCC3)C2c2ccc(F)cc2)ccc1OCC(C)C. The molecule has 198 valence electrons. The summed E-state index contributed by atoms with van der Waals surface area (Å²) in [4.78, 5) is 29.2. The van der Waals surface area contributed by atoms with Crippen LogP contribution in [0, 0.1) is 18.7 Å². The van der Waals surface area contributed by atoms with Crippen LogP contribution in [0.2, 0.25) is 0 Å². The second-order valence-corrected chi connectivity index (χ2v) is 10.2. The fraction of sp³-hybridized carbons (Fsp3) is 0.448. The maximum Gasteiger partial charge on any atom is 0.295 e. The number of ether oxygens (including phenoxy) is 2. The van der Waals surface area contributed by atoms with E-state index in [4.69, 9.17) is 9.47 Å². The second-order valence-electron chi connectivity index (χ2n) is 10.2. The van der Waals surface area contributed by atoms with Crippen LogP contribution in [0.5, 0.6) is 5.75 Å². The van der Waals surface area contributed by atoms with Crippen LogP contribution >= 0.6 is 0 Å². The average Bonchev–Trinajstić information content (AvgIpc) is 3.13. The number of halogens is 1. The molecule has 2 saturated heterocycles. The van der Waals surface area contributed by atoms with Crippen molar-refractivity contribution < 1.29 is 33.5 Å². The molecule has 4 rings (SSSR count). The van der Waals surface area contributed by atoms with Crippen molar-refractivity contribution in [2.45, 2.75) is 33.2 Å². The van der Waals surface area contributed by atoms with Crippen molar-refractivity contribution in [3.8, 4) is 5.75 Å². The van der Waals surface area contributed by atoms with Gasteiger partial charge in [-0.2, -0.15) is 0 Å². The summed E-state index contributed by atoms with van der Waals surface area (Å²) in [5.41, 5.74) is 1.53. The maximum atomic E-state index is 13.7. The van der Waals surface area contributed by atoms with Crippen molar-refractivity contribution in [1.29, 1.82) is 0 Å². The van der Waals surface area contributed by atoms with Gasteiger partial charge in [0.15, 0.2) is 0 Å². The monoisotopic (exact) mass is 510 g/mol. The number of hydrogen-bond acceptors (Lipinski definition) is 5. The number of benzene rings is 2. The van der Waals surface area contributed by atoms with E-state index < -0.39 is 29.3 Å². The van der Waals surface area contributed by atoms with Crippen LogP contribution in [0.1, 0.15) is 43.0 Å². The summed E-state index contributed by atoms with van der Waals surface area (Å²) in [6.45, 7) is 10.9. The topological polar surface area (TPSA) is 83.3 Å². The van der Waals surface area contributed by atoms with Crippen LogP contribution in [0.25, 0.3) is 5.76 Å². The molecule has 2 aliphatic heterocycles. The number of nitrogens with zero attached hydrogens (tertiary/aromatic N) is 1. The third-order valence-corrected chi connectivity index (χ3v) is 6.85. The summed E-state index contributed by atoms with van der Waals surface area (Å²) in [6.07, 6.45) is 0.675. The van der Waals surface area contributed by atoms with Gasteiger partial charge in [-0.05, 0) is 53.8 Å². The lowest BCUT2D eigenvalue weighted by atomic mass is 9.94. The second kappa shape index (κ2) is 11.9. The molecule has 7 nitrogen and oxygen atoms in total. The first-order valence-electron chi connectivity index (χ1n) is 12.9. The van der Waals surface area contributed by atoms with Gasteiger partial charge in [-0.15, -0.1) is 0 Å². The molecule has 2 heterocycles. The van der Waals surface area contributed by atoms with Crippen LogP contribution < -0.4 is 14.7 Å². The molecule has 2 aromatic carbocycles. The van der Waals surface area contributed by atoms with Gasteiger partial charge >= 0.3 is 0 Å². The summed E-state index contributed by atoms with van der Waals surface area (Å²) >= 11 is 0. The molecule has 0 saturated carbocycles. The molecule has 37 heavy (non-hydrogen) atoms. The zero-order chi connectivity index (χ0) is 26.5. The number of morpholine rings is 1. The predicted molar refractivity (Wildman–Crippen MR) is 135 cm³/mol. The molecular formula is C29H35FN2O5. The van der Waals surface area contributed by atoms with E-state index in [0.29, 0.717) is 55.6 Å². The van der Waals surface area contributed by atoms with E-state index in [1.165, 1.54) is 34.1 Å². The number of carbonyl (C=O) groups is 2. The van der Waals surface area contributed by atoms with Gasteiger partial charge in [-0.3, -0.25) is 9.59 Å². The Morgan fingerprint density at radius 2 is 1.86 bits per heavy atom. The van der Waals surface area contributed by atoms with E-state index in [0.717, 1.165) is 25.2 Å². The highest BCUT2D eigenvalue weighted by molar-refractivity contribution is 6.46. The van der Waals surface area contributed by atoms with Gasteiger partial charge in [0.05, 0.1) is 32.4 Å². The molecule has 0 bridgehead atoms. The van der Waals surface area contributed by atoms with E-state index in [-0.39, 0.29) is 5.57 Å². The average molecular weight is 511 g/mol. The predicted octanol–water partition coefficient (Wildman–Crippen LogP) is 1.70. The van der Waals surface area contributed by atoms with Crippen LogP contribution in [-0.4, -0.2) is 62.6 Å². The molecule has 1 amide bonds. The summed E-state index contributed by atoms with van der Waals surface area (Å²) in [5, 5.41) is 13.7. The molecule has 0 aliphatic carbocycles. The Hall–Kier alpha value is -3.23. The number of aryl methyl sites for hydroxylation is 1. The molecule has 8 heteroatoms. The minimum absolute atomic E-state index is 0.0921. The highest BCUT2D eigenvalue weighted by Crippen LogP contribution is 2.39. The van der Waals surface area contributed by atoms with Crippen molar-refractivity contribution in [2.24, 2.45) is 5.92 Å². The zero-order valence-electron chi connectivity index (χ0n) is 21.7. The number of amides is 1. The lowest BCUT2D eigenvalue weighted by molar-refractivity contribution is -0.908. The highest BCUT2D eigenvalue weighted by Gasteiger charge is 2.44. The van der Waals surface area contributed by atoms with Crippen molar-refractivity contribution >= 4 is 17.4 Å². The number of nitrogens with one attached hydrogen (secondary N) is 1. The summed E-state index contributed by atoms with van der Waals surface area (Å²) in [7, 11) is 0. The van der Waals surface area contributed by atoms with Gasteiger partial charge in [-0.1, -0.05) is 37.8 Å². The maximum absolute atomic E-state index is 13.7. The van der Waals surface area contributed by atoms with Crippen LogP contribution in [0.3, 0.4) is 0 Å². The molecule has 2 aliphatic rings. The fourth-order valence-electron chi connectivity index (χ4n) is 4.87. The van der Waals surface area contributed by atoms with Crippen molar-refractivity contribution in [3.05, 3.63) is 70.5 Å². The van der Waals surface area contributed by atoms with E-state index in [2.05, 4.69) is 13.8 Å². The smallest absolute Gasteiger partial charge is 0.295 e. The standard InChI is InChI=1S/C29H35FN2O5/c1-19(2)18-37-24-10-7-22(17-20(24)3)27(33)25-26(21-5-8-23(30)9-6-21)32(29(35)28(25)34)12-4-11-31-13-15-36-16-14-31/h5-10,17,19,26,33H,4,11-16,18H2,1-3H3. The lowest BCUT2D eigenvalue weighted by Gasteiger charge is -2.29. The normalized spacial score (nSPS) is 20.1.